The first kappa shape index (κ1) is 12.4. The van der Waals surface area contributed by atoms with Crippen LogP contribution in [0.3, 0.4) is 0 Å². The van der Waals surface area contributed by atoms with Crippen LogP contribution in [0.5, 0.6) is 0 Å². The lowest BCUT2D eigenvalue weighted by Gasteiger charge is -2.50. The van der Waals surface area contributed by atoms with Gasteiger partial charge in [-0.3, -0.25) is 4.90 Å². The molecule has 0 aromatic rings. The molecule has 0 spiro atoms. The van der Waals surface area contributed by atoms with Crippen molar-refractivity contribution in [3.05, 3.63) is 0 Å². The highest BCUT2D eigenvalue weighted by Gasteiger charge is 2.38. The number of rotatable bonds is 1. The van der Waals surface area contributed by atoms with E-state index in [1.165, 1.54) is 38.8 Å². The van der Waals surface area contributed by atoms with Gasteiger partial charge >= 0.3 is 0 Å². The zero-order valence-electron chi connectivity index (χ0n) is 11.5. The van der Waals surface area contributed by atoms with E-state index in [4.69, 9.17) is 0 Å². The van der Waals surface area contributed by atoms with Gasteiger partial charge in [-0.15, -0.1) is 0 Å². The Kier molecular flexibility index (Phi) is 3.33. The zero-order valence-corrected chi connectivity index (χ0v) is 11.5. The van der Waals surface area contributed by atoms with Gasteiger partial charge in [-0.25, -0.2) is 0 Å². The zero-order chi connectivity index (χ0) is 11.8. The molecule has 0 bridgehead atoms. The molecule has 1 N–H and O–H groups in total. The molecule has 1 saturated heterocycles. The van der Waals surface area contributed by atoms with Crippen LogP contribution < -0.4 is 5.32 Å². The van der Waals surface area contributed by atoms with Gasteiger partial charge in [0, 0.05) is 31.2 Å². The molecule has 1 saturated carbocycles. The van der Waals surface area contributed by atoms with Crippen LogP contribution in [0.2, 0.25) is 0 Å². The van der Waals surface area contributed by atoms with E-state index in [1.54, 1.807) is 0 Å². The maximum atomic E-state index is 3.52. The van der Waals surface area contributed by atoms with E-state index >= 15 is 0 Å². The predicted octanol–water partition coefficient (Wildman–Crippen LogP) is 2.64. The molecule has 0 aromatic carbocycles. The summed E-state index contributed by atoms with van der Waals surface area (Å²) in [5.74, 6) is 0. The first-order valence-corrected chi connectivity index (χ1v) is 6.88. The second kappa shape index (κ2) is 4.30. The standard InChI is InChI=1S/C14H28N2/c1-13(2)7-5-6-12(10-13)16-9-8-15-11-14(16,3)4/h12,15H,5-11H2,1-4H3. The largest absolute Gasteiger partial charge is 0.314 e. The molecule has 2 rings (SSSR count). The lowest BCUT2D eigenvalue weighted by molar-refractivity contribution is 0.00408. The SMILES string of the molecule is CC1(C)CCCC(N2CCNCC2(C)C)C1. The van der Waals surface area contributed by atoms with Crippen molar-refractivity contribution >= 4 is 0 Å². The summed E-state index contributed by atoms with van der Waals surface area (Å²) in [7, 11) is 0. The minimum absolute atomic E-state index is 0.344. The highest BCUT2D eigenvalue weighted by molar-refractivity contribution is 4.95. The summed E-state index contributed by atoms with van der Waals surface area (Å²) in [6, 6.07) is 0.820. The summed E-state index contributed by atoms with van der Waals surface area (Å²) in [6.07, 6.45) is 5.62. The van der Waals surface area contributed by atoms with Crippen LogP contribution in [-0.2, 0) is 0 Å². The van der Waals surface area contributed by atoms with Crippen molar-refractivity contribution in [2.75, 3.05) is 19.6 Å². The van der Waals surface area contributed by atoms with Crippen LogP contribution in [0.4, 0.5) is 0 Å². The van der Waals surface area contributed by atoms with Crippen molar-refractivity contribution in [2.24, 2.45) is 5.41 Å². The first-order valence-electron chi connectivity index (χ1n) is 6.88. The average molecular weight is 224 g/mol. The normalized spacial score (nSPS) is 34.9. The highest BCUT2D eigenvalue weighted by Crippen LogP contribution is 2.39. The van der Waals surface area contributed by atoms with Gasteiger partial charge in [-0.05, 0) is 38.5 Å². The molecule has 0 amide bonds. The molecule has 1 heterocycles. The molecule has 1 aliphatic carbocycles. The molecule has 2 nitrogen and oxygen atoms in total. The number of nitrogens with one attached hydrogen (secondary N) is 1. The van der Waals surface area contributed by atoms with Gasteiger partial charge in [-0.2, -0.15) is 0 Å². The van der Waals surface area contributed by atoms with Gasteiger partial charge in [0.2, 0.25) is 0 Å². The monoisotopic (exact) mass is 224 g/mol. The fourth-order valence-corrected chi connectivity index (χ4v) is 3.60. The Morgan fingerprint density at radius 3 is 2.56 bits per heavy atom. The van der Waals surface area contributed by atoms with E-state index in [9.17, 15) is 0 Å². The van der Waals surface area contributed by atoms with E-state index in [0.29, 0.717) is 11.0 Å². The summed E-state index contributed by atoms with van der Waals surface area (Å²) in [6.45, 7) is 13.2. The molecule has 0 radical (unpaired) electrons. The van der Waals surface area contributed by atoms with Crippen LogP contribution in [0, 0.1) is 5.41 Å². The van der Waals surface area contributed by atoms with E-state index < -0.39 is 0 Å². The van der Waals surface area contributed by atoms with Gasteiger partial charge < -0.3 is 5.32 Å². The Hall–Kier alpha value is -0.0800. The van der Waals surface area contributed by atoms with Gasteiger partial charge in [0.1, 0.15) is 0 Å². The molecule has 1 atom stereocenters. The summed E-state index contributed by atoms with van der Waals surface area (Å²) in [5, 5.41) is 3.52. The minimum Gasteiger partial charge on any atom is -0.314 e. The smallest absolute Gasteiger partial charge is 0.0281 e. The van der Waals surface area contributed by atoms with E-state index in [2.05, 4.69) is 37.9 Å². The van der Waals surface area contributed by atoms with Crippen molar-refractivity contribution in [3.8, 4) is 0 Å². The number of hydrogen-bond donors (Lipinski definition) is 1. The molecule has 2 heteroatoms. The van der Waals surface area contributed by atoms with Crippen molar-refractivity contribution in [2.45, 2.75) is 65.0 Å². The van der Waals surface area contributed by atoms with Crippen molar-refractivity contribution < 1.29 is 0 Å². The number of hydrogen-bond acceptors (Lipinski definition) is 2. The van der Waals surface area contributed by atoms with Gasteiger partial charge in [0.15, 0.2) is 0 Å². The van der Waals surface area contributed by atoms with Crippen LogP contribution >= 0.6 is 0 Å². The fourth-order valence-electron chi connectivity index (χ4n) is 3.60. The summed E-state index contributed by atoms with van der Waals surface area (Å²) in [4.78, 5) is 2.77. The summed E-state index contributed by atoms with van der Waals surface area (Å²) < 4.78 is 0. The van der Waals surface area contributed by atoms with Crippen LogP contribution in [0.15, 0.2) is 0 Å². The van der Waals surface area contributed by atoms with E-state index in [1.807, 2.05) is 0 Å². The Morgan fingerprint density at radius 2 is 1.94 bits per heavy atom. The van der Waals surface area contributed by atoms with Gasteiger partial charge in [-0.1, -0.05) is 20.3 Å². The van der Waals surface area contributed by atoms with Crippen molar-refractivity contribution in [1.82, 2.24) is 10.2 Å². The summed E-state index contributed by atoms with van der Waals surface area (Å²) in [5.41, 5.74) is 0.903. The van der Waals surface area contributed by atoms with E-state index in [0.717, 1.165) is 12.6 Å². The maximum absolute atomic E-state index is 3.52. The predicted molar refractivity (Wildman–Crippen MR) is 69.7 cm³/mol. The third-order valence-electron chi connectivity index (χ3n) is 4.48. The van der Waals surface area contributed by atoms with Gasteiger partial charge in [0.25, 0.3) is 0 Å². The molecular weight excluding hydrogens is 196 g/mol. The molecular formula is C14H28N2. The third kappa shape index (κ3) is 2.60. The van der Waals surface area contributed by atoms with Crippen LogP contribution in [-0.4, -0.2) is 36.1 Å². The molecule has 2 aliphatic rings. The second-order valence-electron chi connectivity index (χ2n) is 7.10. The quantitative estimate of drug-likeness (QED) is 0.736. The molecule has 1 unspecified atom stereocenters. The highest BCUT2D eigenvalue weighted by atomic mass is 15.3. The number of nitrogens with zero attached hydrogens (tertiary/aromatic N) is 1. The maximum Gasteiger partial charge on any atom is 0.0281 e. The molecule has 16 heavy (non-hydrogen) atoms. The first-order chi connectivity index (χ1) is 7.41. The number of piperazine rings is 1. The van der Waals surface area contributed by atoms with Crippen LogP contribution in [0.25, 0.3) is 0 Å². The Balaban J connectivity index is 2.05. The molecule has 2 fully saturated rings. The third-order valence-corrected chi connectivity index (χ3v) is 4.48. The Bertz CT molecular complexity index is 245. The second-order valence-corrected chi connectivity index (χ2v) is 7.10. The lowest BCUT2D eigenvalue weighted by Crippen LogP contribution is -2.62. The van der Waals surface area contributed by atoms with Gasteiger partial charge in [0.05, 0.1) is 0 Å². The Morgan fingerprint density at radius 1 is 1.19 bits per heavy atom. The minimum atomic E-state index is 0.344. The lowest BCUT2D eigenvalue weighted by atomic mass is 9.73. The fraction of sp³-hybridized carbons (Fsp3) is 1.00. The summed E-state index contributed by atoms with van der Waals surface area (Å²) >= 11 is 0. The van der Waals surface area contributed by atoms with E-state index in [-0.39, 0.29) is 0 Å². The topological polar surface area (TPSA) is 15.3 Å². The van der Waals surface area contributed by atoms with Crippen LogP contribution in [0.1, 0.15) is 53.4 Å². The molecule has 94 valence electrons. The molecule has 1 aliphatic heterocycles. The average Bonchev–Trinajstić information content (AvgIpc) is 2.15. The Labute approximate surface area is 101 Å². The molecule has 0 aromatic heterocycles. The van der Waals surface area contributed by atoms with Crippen molar-refractivity contribution in [3.63, 3.8) is 0 Å². The van der Waals surface area contributed by atoms with Crippen molar-refractivity contribution in [1.29, 1.82) is 0 Å².